The minimum Gasteiger partial charge on any atom is -0.313 e. The van der Waals surface area contributed by atoms with Gasteiger partial charge in [0.2, 0.25) is 0 Å². The summed E-state index contributed by atoms with van der Waals surface area (Å²) in [6, 6.07) is 6.51. The van der Waals surface area contributed by atoms with Gasteiger partial charge >= 0.3 is 0 Å². The van der Waals surface area contributed by atoms with Gasteiger partial charge in [-0.3, -0.25) is 0 Å². The summed E-state index contributed by atoms with van der Waals surface area (Å²) in [5, 5.41) is 7.51. The molecule has 90 valence electrons. The summed E-state index contributed by atoms with van der Waals surface area (Å²) >= 11 is 9.50. The van der Waals surface area contributed by atoms with Gasteiger partial charge in [0.15, 0.2) is 0 Å². The molecule has 16 heavy (non-hydrogen) atoms. The average molecular weight is 306 g/mol. The molecule has 1 aromatic rings. The van der Waals surface area contributed by atoms with Crippen molar-refractivity contribution in [1.29, 1.82) is 0 Å². The first kappa shape index (κ1) is 14.0. The molecule has 0 atom stereocenters. The number of benzene rings is 1. The van der Waals surface area contributed by atoms with Crippen molar-refractivity contribution in [2.75, 3.05) is 13.1 Å². The maximum absolute atomic E-state index is 6.11. The minimum absolute atomic E-state index is 0.540. The average Bonchev–Trinajstić information content (AvgIpc) is 2.20. The number of halogens is 2. The molecule has 0 aliphatic rings. The maximum atomic E-state index is 6.11. The van der Waals surface area contributed by atoms with Crippen molar-refractivity contribution < 1.29 is 0 Å². The summed E-state index contributed by atoms with van der Waals surface area (Å²) in [5.74, 6) is 0. The van der Waals surface area contributed by atoms with E-state index in [0.717, 1.165) is 34.7 Å². The topological polar surface area (TPSA) is 24.1 Å². The van der Waals surface area contributed by atoms with E-state index in [9.17, 15) is 0 Å². The third kappa shape index (κ3) is 5.30. The largest absolute Gasteiger partial charge is 0.313 e. The van der Waals surface area contributed by atoms with E-state index in [1.165, 1.54) is 0 Å². The minimum atomic E-state index is 0.540. The molecule has 0 amide bonds. The van der Waals surface area contributed by atoms with Gasteiger partial charge < -0.3 is 10.6 Å². The van der Waals surface area contributed by atoms with Crippen molar-refractivity contribution in [3.05, 3.63) is 33.3 Å². The lowest BCUT2D eigenvalue weighted by molar-refractivity contribution is 0.555. The van der Waals surface area contributed by atoms with Crippen LogP contribution in [0.1, 0.15) is 19.4 Å². The molecule has 0 aliphatic heterocycles. The molecule has 1 rings (SSSR count). The molecule has 0 aromatic heterocycles. The fraction of sp³-hybridized carbons (Fsp3) is 0.500. The molecular weight excluding hydrogens is 288 g/mol. The standard InChI is InChI=1S/C12H18BrClN2/c1-9(2)16-6-5-15-8-10-3-4-11(13)7-12(10)14/h3-4,7,9,15-16H,5-6,8H2,1-2H3. The molecule has 0 spiro atoms. The molecule has 0 unspecified atom stereocenters. The molecular formula is C12H18BrClN2. The second-order valence-corrected chi connectivity index (χ2v) is 5.34. The highest BCUT2D eigenvalue weighted by Gasteiger charge is 2.00. The summed E-state index contributed by atoms with van der Waals surface area (Å²) < 4.78 is 1.02. The van der Waals surface area contributed by atoms with Gasteiger partial charge in [-0.15, -0.1) is 0 Å². The van der Waals surface area contributed by atoms with Crippen LogP contribution in [0.25, 0.3) is 0 Å². The highest BCUT2D eigenvalue weighted by Crippen LogP contribution is 2.20. The van der Waals surface area contributed by atoms with Gasteiger partial charge in [-0.05, 0) is 17.7 Å². The Labute approximate surface area is 111 Å². The highest BCUT2D eigenvalue weighted by molar-refractivity contribution is 9.10. The molecule has 0 radical (unpaired) electrons. The Morgan fingerprint density at radius 2 is 2.06 bits per heavy atom. The fourth-order valence-corrected chi connectivity index (χ4v) is 2.08. The summed E-state index contributed by atoms with van der Waals surface area (Å²) in [4.78, 5) is 0. The quantitative estimate of drug-likeness (QED) is 0.789. The van der Waals surface area contributed by atoms with E-state index in [-0.39, 0.29) is 0 Å². The van der Waals surface area contributed by atoms with Crippen LogP contribution in [0.15, 0.2) is 22.7 Å². The van der Waals surface area contributed by atoms with Gasteiger partial charge in [-0.25, -0.2) is 0 Å². The van der Waals surface area contributed by atoms with Gasteiger partial charge in [0, 0.05) is 35.2 Å². The van der Waals surface area contributed by atoms with Gasteiger partial charge in [-0.2, -0.15) is 0 Å². The number of rotatable bonds is 6. The van der Waals surface area contributed by atoms with Crippen molar-refractivity contribution in [3.63, 3.8) is 0 Å². The predicted octanol–water partition coefficient (Wildman–Crippen LogP) is 3.19. The van der Waals surface area contributed by atoms with Crippen LogP contribution in [0.5, 0.6) is 0 Å². The van der Waals surface area contributed by atoms with Crippen LogP contribution < -0.4 is 10.6 Å². The molecule has 0 fully saturated rings. The SMILES string of the molecule is CC(C)NCCNCc1ccc(Br)cc1Cl. The van der Waals surface area contributed by atoms with E-state index in [1.807, 2.05) is 18.2 Å². The second-order valence-electron chi connectivity index (χ2n) is 4.02. The molecule has 0 heterocycles. The van der Waals surface area contributed by atoms with E-state index in [1.54, 1.807) is 0 Å². The van der Waals surface area contributed by atoms with E-state index in [4.69, 9.17) is 11.6 Å². The zero-order chi connectivity index (χ0) is 12.0. The third-order valence-electron chi connectivity index (χ3n) is 2.18. The van der Waals surface area contributed by atoms with Crippen molar-refractivity contribution >= 4 is 27.5 Å². The van der Waals surface area contributed by atoms with E-state index >= 15 is 0 Å². The van der Waals surface area contributed by atoms with Crippen molar-refractivity contribution in [1.82, 2.24) is 10.6 Å². The van der Waals surface area contributed by atoms with Crippen LogP contribution in [0, 0.1) is 0 Å². The Kier molecular flexibility index (Phi) is 6.36. The zero-order valence-corrected chi connectivity index (χ0v) is 12.0. The summed E-state index contributed by atoms with van der Waals surface area (Å²) in [6.07, 6.45) is 0. The molecule has 0 saturated heterocycles. The molecule has 0 bridgehead atoms. The van der Waals surface area contributed by atoms with Gasteiger partial charge in [0.1, 0.15) is 0 Å². The number of nitrogens with one attached hydrogen (secondary N) is 2. The van der Waals surface area contributed by atoms with Crippen LogP contribution in [0.3, 0.4) is 0 Å². The van der Waals surface area contributed by atoms with Gasteiger partial charge in [0.05, 0.1) is 0 Å². The van der Waals surface area contributed by atoms with Gasteiger partial charge in [-0.1, -0.05) is 47.4 Å². The van der Waals surface area contributed by atoms with Crippen molar-refractivity contribution in [2.24, 2.45) is 0 Å². The lowest BCUT2D eigenvalue weighted by Gasteiger charge is -2.10. The Morgan fingerprint density at radius 1 is 1.31 bits per heavy atom. The monoisotopic (exact) mass is 304 g/mol. The summed E-state index contributed by atoms with van der Waals surface area (Å²) in [7, 11) is 0. The Morgan fingerprint density at radius 3 is 2.69 bits per heavy atom. The Bertz CT molecular complexity index is 329. The van der Waals surface area contributed by atoms with Gasteiger partial charge in [0.25, 0.3) is 0 Å². The lowest BCUT2D eigenvalue weighted by Crippen LogP contribution is -2.31. The second kappa shape index (κ2) is 7.28. The predicted molar refractivity (Wildman–Crippen MR) is 74.0 cm³/mol. The molecule has 0 saturated carbocycles. The fourth-order valence-electron chi connectivity index (χ4n) is 1.34. The summed E-state index contributed by atoms with van der Waals surface area (Å²) in [6.45, 7) is 7.03. The highest BCUT2D eigenvalue weighted by atomic mass is 79.9. The van der Waals surface area contributed by atoms with Crippen LogP contribution in [-0.2, 0) is 6.54 Å². The van der Waals surface area contributed by atoms with E-state index in [2.05, 4.69) is 40.4 Å². The van der Waals surface area contributed by atoms with Crippen LogP contribution in [0.2, 0.25) is 5.02 Å². The van der Waals surface area contributed by atoms with Crippen LogP contribution in [-0.4, -0.2) is 19.1 Å². The number of hydrogen-bond donors (Lipinski definition) is 2. The maximum Gasteiger partial charge on any atom is 0.0462 e. The van der Waals surface area contributed by atoms with Crippen LogP contribution >= 0.6 is 27.5 Å². The smallest absolute Gasteiger partial charge is 0.0462 e. The first-order chi connectivity index (χ1) is 7.59. The third-order valence-corrected chi connectivity index (χ3v) is 3.03. The van der Waals surface area contributed by atoms with Crippen molar-refractivity contribution in [3.8, 4) is 0 Å². The number of hydrogen-bond acceptors (Lipinski definition) is 2. The van der Waals surface area contributed by atoms with Crippen molar-refractivity contribution in [2.45, 2.75) is 26.4 Å². The molecule has 2 nitrogen and oxygen atoms in total. The Balaban J connectivity index is 2.27. The molecule has 4 heteroatoms. The van der Waals surface area contributed by atoms with E-state index in [0.29, 0.717) is 6.04 Å². The lowest BCUT2D eigenvalue weighted by atomic mass is 10.2. The Hall–Kier alpha value is -0.0900. The van der Waals surface area contributed by atoms with E-state index < -0.39 is 0 Å². The summed E-state index contributed by atoms with van der Waals surface area (Å²) in [5.41, 5.74) is 1.13. The van der Waals surface area contributed by atoms with Crippen LogP contribution in [0.4, 0.5) is 0 Å². The molecule has 0 aliphatic carbocycles. The molecule has 1 aromatic carbocycles. The molecule has 2 N–H and O–H groups in total. The zero-order valence-electron chi connectivity index (χ0n) is 9.69. The normalized spacial score (nSPS) is 11.1. The first-order valence-electron chi connectivity index (χ1n) is 5.47. The first-order valence-corrected chi connectivity index (χ1v) is 6.64.